The maximum Gasteiger partial charge on any atom is 0.268 e. The van der Waals surface area contributed by atoms with E-state index in [1.807, 2.05) is 0 Å². The van der Waals surface area contributed by atoms with Gasteiger partial charge in [0.2, 0.25) is 5.91 Å². The molecule has 7 nitrogen and oxygen atoms in total. The zero-order valence-corrected chi connectivity index (χ0v) is 17.8. The Labute approximate surface area is 182 Å². The van der Waals surface area contributed by atoms with Crippen LogP contribution in [-0.4, -0.2) is 46.0 Å². The summed E-state index contributed by atoms with van der Waals surface area (Å²) >= 11 is 4.41. The molecule has 3 rings (SSSR count). The smallest absolute Gasteiger partial charge is 0.268 e. The molecule has 2 aromatic rings. The molecule has 0 bridgehead atoms. The predicted molar refractivity (Wildman–Crippen MR) is 106 cm³/mol. The van der Waals surface area contributed by atoms with Gasteiger partial charge in [0.05, 0.1) is 11.4 Å². The first-order valence-electron chi connectivity index (χ1n) is 8.47. The second-order valence-corrected chi connectivity index (χ2v) is 8.10. The van der Waals surface area contributed by atoms with Gasteiger partial charge >= 0.3 is 0 Å². The number of carbonyl (C=O) groups excluding carboxylic acids is 3. The topological polar surface area (TPSA) is 90.0 Å². The molecule has 1 aliphatic rings. The Bertz CT molecular complexity index is 1070. The van der Waals surface area contributed by atoms with Gasteiger partial charge in [0.15, 0.2) is 6.17 Å². The van der Waals surface area contributed by atoms with Crippen LogP contribution in [0.2, 0.25) is 0 Å². The van der Waals surface area contributed by atoms with Crippen LogP contribution < -0.4 is 5.32 Å². The molecule has 156 valence electrons. The summed E-state index contributed by atoms with van der Waals surface area (Å²) in [6.45, 7) is 0.770. The third-order valence-electron chi connectivity index (χ3n) is 4.11. The first-order valence-corrected chi connectivity index (χ1v) is 10.1. The Morgan fingerprint density at radius 2 is 2.00 bits per heavy atom. The van der Waals surface area contributed by atoms with E-state index in [0.29, 0.717) is 14.4 Å². The van der Waals surface area contributed by atoms with Crippen LogP contribution in [0.1, 0.15) is 33.9 Å². The summed E-state index contributed by atoms with van der Waals surface area (Å²) in [5.74, 6) is 0.563. The Morgan fingerprint density at radius 3 is 2.57 bits per heavy atom. The van der Waals surface area contributed by atoms with E-state index in [2.05, 4.69) is 33.1 Å². The lowest BCUT2D eigenvalue weighted by Gasteiger charge is -2.25. The molecule has 1 saturated heterocycles. The van der Waals surface area contributed by atoms with Gasteiger partial charge in [-0.25, -0.2) is 8.78 Å². The van der Waals surface area contributed by atoms with E-state index in [9.17, 15) is 28.4 Å². The van der Waals surface area contributed by atoms with Crippen molar-refractivity contribution in [3.05, 3.63) is 55.7 Å². The Kier molecular flexibility index (Phi) is 6.50. The molecule has 1 aromatic carbocycles. The second-order valence-electron chi connectivity index (χ2n) is 6.24. The van der Waals surface area contributed by atoms with Crippen LogP contribution in [0.3, 0.4) is 0 Å². The molecule has 1 unspecified atom stereocenters. The number of rotatable bonds is 3. The third kappa shape index (κ3) is 4.51. The molecule has 1 aliphatic heterocycles. The minimum Gasteiger partial charge on any atom is -0.345 e. The van der Waals surface area contributed by atoms with Crippen molar-refractivity contribution in [1.82, 2.24) is 15.3 Å². The number of hydrogen-bond donors (Lipinski definition) is 2. The number of amides is 3. The summed E-state index contributed by atoms with van der Waals surface area (Å²) in [6.07, 6.45) is -1.20. The summed E-state index contributed by atoms with van der Waals surface area (Å²) in [4.78, 5) is 37.0. The maximum atomic E-state index is 14.6. The van der Waals surface area contributed by atoms with E-state index in [4.69, 9.17) is 0 Å². The number of thiophene rings is 1. The molecule has 1 aromatic heterocycles. The van der Waals surface area contributed by atoms with Gasteiger partial charge in [-0.3, -0.25) is 19.6 Å². The number of benzene rings is 1. The molecule has 3 amide bonds. The molecule has 2 heterocycles. The molecule has 0 spiro atoms. The average Bonchev–Trinajstić information content (AvgIpc) is 3.21. The summed E-state index contributed by atoms with van der Waals surface area (Å²) in [5.41, 5.74) is -0.877. The number of halogens is 3. The van der Waals surface area contributed by atoms with Crippen LogP contribution in [0.15, 0.2) is 28.1 Å². The summed E-state index contributed by atoms with van der Waals surface area (Å²) in [7, 11) is 0. The largest absolute Gasteiger partial charge is 0.345 e. The minimum atomic E-state index is -1.20. The van der Waals surface area contributed by atoms with E-state index in [-0.39, 0.29) is 18.0 Å². The van der Waals surface area contributed by atoms with Crippen molar-refractivity contribution in [2.24, 2.45) is 0 Å². The van der Waals surface area contributed by atoms with E-state index >= 15 is 0 Å². The molecule has 30 heavy (non-hydrogen) atoms. The molecule has 0 aliphatic carbocycles. The lowest BCUT2D eigenvalue weighted by Crippen LogP contribution is -2.35. The van der Waals surface area contributed by atoms with E-state index in [1.54, 1.807) is 11.4 Å². The van der Waals surface area contributed by atoms with Crippen molar-refractivity contribution >= 4 is 45.0 Å². The van der Waals surface area contributed by atoms with Crippen molar-refractivity contribution < 1.29 is 28.4 Å². The van der Waals surface area contributed by atoms with E-state index in [1.165, 1.54) is 6.92 Å². The van der Waals surface area contributed by atoms with Crippen molar-refractivity contribution in [3.63, 3.8) is 0 Å². The third-order valence-corrected chi connectivity index (χ3v) is 5.84. The quantitative estimate of drug-likeness (QED) is 0.503. The lowest BCUT2D eigenvalue weighted by molar-refractivity contribution is -0.168. The van der Waals surface area contributed by atoms with Crippen LogP contribution >= 0.6 is 27.3 Å². The fraction of sp³-hybridized carbons (Fsp3) is 0.211. The van der Waals surface area contributed by atoms with Crippen molar-refractivity contribution in [2.75, 3.05) is 13.1 Å². The zero-order valence-electron chi connectivity index (χ0n) is 15.4. The van der Waals surface area contributed by atoms with Gasteiger partial charge in [-0.1, -0.05) is 11.8 Å². The highest BCUT2D eigenvalue weighted by Gasteiger charge is 2.43. The van der Waals surface area contributed by atoms with Crippen LogP contribution in [0.5, 0.6) is 0 Å². The number of hydrogen-bond acceptors (Lipinski definition) is 5. The fourth-order valence-electron chi connectivity index (χ4n) is 2.80. The summed E-state index contributed by atoms with van der Waals surface area (Å²) < 4.78 is 29.8. The Morgan fingerprint density at radius 1 is 1.33 bits per heavy atom. The van der Waals surface area contributed by atoms with Crippen LogP contribution in [0.4, 0.5) is 8.78 Å². The van der Waals surface area contributed by atoms with Crippen molar-refractivity contribution in [2.45, 2.75) is 13.1 Å². The minimum absolute atomic E-state index is 0.000465. The SMILES string of the molecule is CC(=O)NCC#Cc1cc(F)c(C(=O)N2CC(=O)N(O)C2c2cc(Br)cs2)c(F)c1. The van der Waals surface area contributed by atoms with Crippen molar-refractivity contribution in [1.29, 1.82) is 0 Å². The predicted octanol–water partition coefficient (Wildman–Crippen LogP) is 2.65. The molecule has 1 atom stereocenters. The fourth-order valence-corrected chi connectivity index (χ4v) is 4.34. The Balaban J connectivity index is 1.90. The molecule has 2 N–H and O–H groups in total. The summed E-state index contributed by atoms with van der Waals surface area (Å²) in [5, 5.41) is 14.5. The highest BCUT2D eigenvalue weighted by atomic mass is 79.9. The monoisotopic (exact) mass is 497 g/mol. The van der Waals surface area contributed by atoms with Crippen LogP contribution in [-0.2, 0) is 9.59 Å². The van der Waals surface area contributed by atoms with E-state index in [0.717, 1.165) is 28.4 Å². The van der Waals surface area contributed by atoms with Gasteiger partial charge < -0.3 is 10.2 Å². The van der Waals surface area contributed by atoms with Gasteiger partial charge in [0.1, 0.15) is 23.7 Å². The van der Waals surface area contributed by atoms with Crippen LogP contribution in [0, 0.1) is 23.5 Å². The second kappa shape index (κ2) is 8.91. The molecular formula is C19H14BrF2N3O4S. The van der Waals surface area contributed by atoms with Gasteiger partial charge in [-0.05, 0) is 34.1 Å². The lowest BCUT2D eigenvalue weighted by atomic mass is 10.1. The van der Waals surface area contributed by atoms with Crippen molar-refractivity contribution in [3.8, 4) is 11.8 Å². The highest BCUT2D eigenvalue weighted by molar-refractivity contribution is 9.10. The van der Waals surface area contributed by atoms with Gasteiger partial charge in [0.25, 0.3) is 11.8 Å². The molecule has 11 heteroatoms. The first kappa shape index (κ1) is 21.9. The highest BCUT2D eigenvalue weighted by Crippen LogP contribution is 2.36. The average molecular weight is 498 g/mol. The first-order chi connectivity index (χ1) is 14.2. The number of hydroxylamine groups is 2. The molecular weight excluding hydrogens is 484 g/mol. The van der Waals surface area contributed by atoms with Crippen LogP contribution in [0.25, 0.3) is 0 Å². The zero-order chi connectivity index (χ0) is 22.0. The van der Waals surface area contributed by atoms with Gasteiger partial charge in [0, 0.05) is 22.3 Å². The normalized spacial score (nSPS) is 15.8. The molecule has 0 saturated carbocycles. The summed E-state index contributed by atoms with van der Waals surface area (Å²) in [6, 6.07) is 3.38. The molecule has 1 fully saturated rings. The Hall–Kier alpha value is -2.81. The van der Waals surface area contributed by atoms with Gasteiger partial charge in [-0.2, -0.15) is 5.06 Å². The molecule has 0 radical (unpaired) electrons. The number of nitrogens with zero attached hydrogens (tertiary/aromatic N) is 2. The number of carbonyl (C=O) groups is 3. The number of nitrogens with one attached hydrogen (secondary N) is 1. The standard InChI is InChI=1S/C19H14BrF2N3O4S/c1-10(26)23-4-2-3-11-5-13(21)17(14(22)6-11)19(28)24-8-16(27)25(29)18(24)15-7-12(20)9-30-15/h5-7,9,18,29H,4,8H2,1H3,(H,23,26). The van der Waals surface area contributed by atoms with E-state index < -0.39 is 41.7 Å². The maximum absolute atomic E-state index is 14.6. The van der Waals surface area contributed by atoms with Gasteiger partial charge in [-0.15, -0.1) is 11.3 Å².